The summed E-state index contributed by atoms with van der Waals surface area (Å²) in [5.74, 6) is 0. The van der Waals surface area contributed by atoms with Crippen molar-refractivity contribution in [3.8, 4) is 0 Å². The van der Waals surface area contributed by atoms with Crippen molar-refractivity contribution in [1.29, 1.82) is 0 Å². The normalized spacial score (nSPS) is 11.3. The van der Waals surface area contributed by atoms with E-state index < -0.39 is 4.92 Å². The minimum Gasteiger partial charge on any atom is -0.258 e. The van der Waals surface area contributed by atoms with Gasteiger partial charge in [-0.2, -0.15) is 10.2 Å². The van der Waals surface area contributed by atoms with E-state index in [4.69, 9.17) is 11.6 Å². The molecule has 0 radical (unpaired) electrons. The number of nitro benzene ring substituents is 1. The van der Waals surface area contributed by atoms with Gasteiger partial charge in [0.15, 0.2) is 0 Å². The first-order chi connectivity index (χ1) is 10.1. The molecular weight excluding hydrogens is 358 g/mol. The molecule has 0 aliphatic heterocycles. The molecule has 0 bridgehead atoms. The van der Waals surface area contributed by atoms with Gasteiger partial charge in [-0.1, -0.05) is 45.7 Å². The van der Waals surface area contributed by atoms with Gasteiger partial charge in [0.05, 0.1) is 17.4 Å². The second-order valence-corrected chi connectivity index (χ2v) is 5.33. The molecule has 0 heterocycles. The third kappa shape index (κ3) is 4.47. The van der Waals surface area contributed by atoms with E-state index in [2.05, 4.69) is 26.1 Å². The largest absolute Gasteiger partial charge is 0.288 e. The van der Waals surface area contributed by atoms with Gasteiger partial charge in [-0.15, -0.1) is 0 Å². The third-order valence-electron chi connectivity index (χ3n) is 2.52. The van der Waals surface area contributed by atoms with E-state index in [1.807, 2.05) is 24.3 Å². The van der Waals surface area contributed by atoms with Crippen molar-refractivity contribution < 1.29 is 4.92 Å². The molecule has 2 rings (SSSR count). The first-order valence-corrected chi connectivity index (χ1v) is 6.99. The first kappa shape index (κ1) is 15.3. The Labute approximate surface area is 134 Å². The standard InChI is InChI=1S/C14H9BrClN3O2/c15-12-4-1-10(2-5-12)8-17-18-9-11-3-6-13(16)14(7-11)19(20)21/h1-9H/b17-8-,18-9-. The van der Waals surface area contributed by atoms with Gasteiger partial charge < -0.3 is 0 Å². The number of hydrogen-bond acceptors (Lipinski definition) is 4. The molecule has 0 atom stereocenters. The quantitative estimate of drug-likeness (QED) is 0.455. The number of rotatable bonds is 4. The molecule has 0 amide bonds. The van der Waals surface area contributed by atoms with Crippen LogP contribution in [-0.4, -0.2) is 17.4 Å². The van der Waals surface area contributed by atoms with E-state index in [1.165, 1.54) is 18.3 Å². The predicted molar refractivity (Wildman–Crippen MR) is 87.4 cm³/mol. The van der Waals surface area contributed by atoms with Crippen LogP contribution in [0.25, 0.3) is 0 Å². The lowest BCUT2D eigenvalue weighted by molar-refractivity contribution is -0.384. The molecular formula is C14H9BrClN3O2. The fourth-order valence-electron chi connectivity index (χ4n) is 1.50. The zero-order chi connectivity index (χ0) is 15.2. The summed E-state index contributed by atoms with van der Waals surface area (Å²) in [7, 11) is 0. The maximum atomic E-state index is 10.8. The van der Waals surface area contributed by atoms with Crippen molar-refractivity contribution in [3.05, 3.63) is 73.2 Å². The topological polar surface area (TPSA) is 67.9 Å². The Morgan fingerprint density at radius 1 is 1.05 bits per heavy atom. The zero-order valence-electron chi connectivity index (χ0n) is 10.6. The van der Waals surface area contributed by atoms with Crippen LogP contribution in [0.3, 0.4) is 0 Å². The van der Waals surface area contributed by atoms with Crippen molar-refractivity contribution in [1.82, 2.24) is 0 Å². The molecule has 0 aliphatic carbocycles. The fourth-order valence-corrected chi connectivity index (χ4v) is 1.95. The highest BCUT2D eigenvalue weighted by molar-refractivity contribution is 9.10. The van der Waals surface area contributed by atoms with Gasteiger partial charge in [-0.3, -0.25) is 10.1 Å². The average Bonchev–Trinajstić information content (AvgIpc) is 2.46. The van der Waals surface area contributed by atoms with Crippen molar-refractivity contribution in [2.24, 2.45) is 10.2 Å². The molecule has 0 saturated heterocycles. The summed E-state index contributed by atoms with van der Waals surface area (Å²) in [4.78, 5) is 10.2. The molecule has 0 saturated carbocycles. The van der Waals surface area contributed by atoms with Crippen molar-refractivity contribution >= 4 is 45.6 Å². The Bertz CT molecular complexity index is 715. The van der Waals surface area contributed by atoms with Crippen LogP contribution in [0, 0.1) is 10.1 Å². The number of nitro groups is 1. The van der Waals surface area contributed by atoms with Crippen molar-refractivity contribution in [2.75, 3.05) is 0 Å². The summed E-state index contributed by atoms with van der Waals surface area (Å²) in [6, 6.07) is 12.0. The van der Waals surface area contributed by atoms with E-state index in [0.29, 0.717) is 5.56 Å². The van der Waals surface area contributed by atoms with E-state index in [1.54, 1.807) is 12.3 Å². The third-order valence-corrected chi connectivity index (χ3v) is 3.37. The molecule has 0 N–H and O–H groups in total. The highest BCUT2D eigenvalue weighted by Crippen LogP contribution is 2.24. The lowest BCUT2D eigenvalue weighted by Gasteiger charge is -1.96. The minimum absolute atomic E-state index is 0.0931. The molecule has 2 aromatic rings. The monoisotopic (exact) mass is 365 g/mol. The Hall–Kier alpha value is -2.05. The van der Waals surface area contributed by atoms with Crippen LogP contribution in [0.5, 0.6) is 0 Å². The summed E-state index contributed by atoms with van der Waals surface area (Å²) in [5.41, 5.74) is 1.30. The van der Waals surface area contributed by atoms with Gasteiger partial charge >= 0.3 is 0 Å². The lowest BCUT2D eigenvalue weighted by atomic mass is 10.2. The molecule has 0 fully saturated rings. The Balaban J connectivity index is 2.09. The summed E-state index contributed by atoms with van der Waals surface area (Å²) >= 11 is 9.07. The summed E-state index contributed by atoms with van der Waals surface area (Å²) < 4.78 is 0.983. The van der Waals surface area contributed by atoms with Gasteiger partial charge in [-0.05, 0) is 23.8 Å². The Morgan fingerprint density at radius 2 is 1.62 bits per heavy atom. The summed E-state index contributed by atoms with van der Waals surface area (Å²) in [5, 5.41) is 18.6. The van der Waals surface area contributed by atoms with Gasteiger partial charge in [0.25, 0.3) is 5.69 Å². The maximum absolute atomic E-state index is 10.8. The van der Waals surface area contributed by atoms with Gasteiger partial charge in [0.2, 0.25) is 0 Å². The number of nitrogens with zero attached hydrogens (tertiary/aromatic N) is 3. The summed E-state index contributed by atoms with van der Waals surface area (Å²) in [6.07, 6.45) is 3.02. The molecule has 7 heteroatoms. The van der Waals surface area contributed by atoms with Gasteiger partial charge in [0, 0.05) is 16.1 Å². The summed E-state index contributed by atoms with van der Waals surface area (Å²) in [6.45, 7) is 0. The first-order valence-electron chi connectivity index (χ1n) is 5.82. The molecule has 106 valence electrons. The van der Waals surface area contributed by atoms with Crippen molar-refractivity contribution in [2.45, 2.75) is 0 Å². The number of halogens is 2. The van der Waals surface area contributed by atoms with Crippen LogP contribution >= 0.6 is 27.5 Å². The van der Waals surface area contributed by atoms with E-state index in [-0.39, 0.29) is 10.7 Å². The smallest absolute Gasteiger partial charge is 0.258 e. The average molecular weight is 367 g/mol. The molecule has 0 unspecified atom stereocenters. The fraction of sp³-hybridized carbons (Fsp3) is 0. The lowest BCUT2D eigenvalue weighted by Crippen LogP contribution is -1.91. The molecule has 0 spiro atoms. The molecule has 0 aliphatic rings. The van der Waals surface area contributed by atoms with E-state index in [9.17, 15) is 10.1 Å². The van der Waals surface area contributed by atoms with Crippen LogP contribution in [-0.2, 0) is 0 Å². The zero-order valence-corrected chi connectivity index (χ0v) is 13.0. The van der Waals surface area contributed by atoms with Crippen molar-refractivity contribution in [3.63, 3.8) is 0 Å². The number of hydrogen-bond donors (Lipinski definition) is 0. The minimum atomic E-state index is -0.537. The maximum Gasteiger partial charge on any atom is 0.288 e. The van der Waals surface area contributed by atoms with Crippen LogP contribution in [0.15, 0.2) is 57.1 Å². The van der Waals surface area contributed by atoms with Crippen LogP contribution < -0.4 is 0 Å². The van der Waals surface area contributed by atoms with Gasteiger partial charge in [0.1, 0.15) is 5.02 Å². The van der Waals surface area contributed by atoms with Crippen LogP contribution in [0.1, 0.15) is 11.1 Å². The molecule has 5 nitrogen and oxygen atoms in total. The molecule has 21 heavy (non-hydrogen) atoms. The Kier molecular flexibility index (Phi) is 5.19. The van der Waals surface area contributed by atoms with E-state index in [0.717, 1.165) is 10.0 Å². The van der Waals surface area contributed by atoms with Crippen LogP contribution in [0.4, 0.5) is 5.69 Å². The molecule has 0 aromatic heterocycles. The SMILES string of the molecule is O=[N+]([O-])c1cc(/C=N\N=C/c2ccc(Br)cc2)ccc1Cl. The van der Waals surface area contributed by atoms with E-state index >= 15 is 0 Å². The number of benzene rings is 2. The second kappa shape index (κ2) is 7.10. The second-order valence-electron chi connectivity index (χ2n) is 4.01. The molecule has 2 aromatic carbocycles. The highest BCUT2D eigenvalue weighted by Gasteiger charge is 2.11. The predicted octanol–water partition coefficient (Wildman–Crippen LogP) is 4.46. The Morgan fingerprint density at radius 3 is 2.24 bits per heavy atom. The van der Waals surface area contributed by atoms with Gasteiger partial charge in [-0.25, -0.2) is 0 Å². The highest BCUT2D eigenvalue weighted by atomic mass is 79.9. The van der Waals surface area contributed by atoms with Crippen LogP contribution in [0.2, 0.25) is 5.02 Å².